The molecule has 4 atom stereocenters. The molecule has 2 fully saturated rings. The van der Waals surface area contributed by atoms with E-state index in [4.69, 9.17) is 4.74 Å². The van der Waals surface area contributed by atoms with Crippen molar-refractivity contribution >= 4 is 46.7 Å². The minimum atomic E-state index is -0.900. The van der Waals surface area contributed by atoms with Gasteiger partial charge >= 0.3 is 6.09 Å². The van der Waals surface area contributed by atoms with Gasteiger partial charge in [0.25, 0.3) is 5.91 Å². The van der Waals surface area contributed by atoms with Gasteiger partial charge in [0, 0.05) is 77.0 Å². The normalized spacial score (nSPS) is 18.1. The van der Waals surface area contributed by atoms with Gasteiger partial charge in [-0.2, -0.15) is 0 Å². The molecule has 0 saturated carbocycles. The van der Waals surface area contributed by atoms with Crippen molar-refractivity contribution in [3.05, 3.63) is 70.9 Å². The van der Waals surface area contributed by atoms with Crippen LogP contribution < -0.4 is 26.2 Å². The van der Waals surface area contributed by atoms with Gasteiger partial charge in [-0.25, -0.2) is 9.78 Å². The number of rotatable bonds is 17. The Morgan fingerprint density at radius 3 is 2.28 bits per heavy atom. The lowest BCUT2D eigenvalue weighted by Crippen LogP contribution is -2.57. The maximum absolute atomic E-state index is 14.0. The van der Waals surface area contributed by atoms with Crippen LogP contribution in [-0.4, -0.2) is 127 Å². The third-order valence-electron chi connectivity index (χ3n) is 11.1. The van der Waals surface area contributed by atoms with Gasteiger partial charge in [-0.3, -0.25) is 24.1 Å². The topological polar surface area (TPSA) is 186 Å². The van der Waals surface area contributed by atoms with E-state index in [1.807, 2.05) is 88.7 Å². The first-order valence-corrected chi connectivity index (χ1v) is 21.8. The fourth-order valence-electron chi connectivity index (χ4n) is 7.53. The summed E-state index contributed by atoms with van der Waals surface area (Å²) in [6.07, 6.45) is 1.00. The van der Waals surface area contributed by atoms with Crippen molar-refractivity contribution in [2.45, 2.75) is 91.0 Å². The number of anilines is 1. The van der Waals surface area contributed by atoms with Crippen molar-refractivity contribution in [1.29, 1.82) is 0 Å². The molecule has 5 N–H and O–H groups in total. The standard InChI is InChI=1S/C44H62N8O7S/c1-29(31-11-13-32(14-12-31)38-30(2)47-28-60-38)48-41(56)36-26-35(53)27-52(36)42(57)39(44(3,4)5)49-37(54)10-8-7-9-19-46-40(55)33-15-17-34(18-16-33)51-22-20-50(21-23-51)24-25-59-43(58)45-6/h11-18,28-29,35-36,39,53H,7-10,19-27H2,1-6H3,(H,45,58)(H,46,55)(H,48,56)(H,49,54)/t29-,35+,36-,39+/m0/s1. The summed E-state index contributed by atoms with van der Waals surface area (Å²) in [6, 6.07) is 13.4. The van der Waals surface area contributed by atoms with Gasteiger partial charge in [0.2, 0.25) is 17.7 Å². The highest BCUT2D eigenvalue weighted by molar-refractivity contribution is 7.13. The molecule has 2 aliphatic rings. The Kier molecular flexibility index (Phi) is 16.5. The van der Waals surface area contributed by atoms with Crippen LogP contribution in [0.2, 0.25) is 0 Å². The van der Waals surface area contributed by atoms with E-state index >= 15 is 0 Å². The number of aryl methyl sites for hydroxylation is 1. The van der Waals surface area contributed by atoms with Crippen LogP contribution in [0.25, 0.3) is 10.4 Å². The largest absolute Gasteiger partial charge is 0.448 e. The van der Waals surface area contributed by atoms with E-state index in [1.165, 1.54) is 11.9 Å². The average molecular weight is 847 g/mol. The first-order valence-electron chi connectivity index (χ1n) is 20.9. The summed E-state index contributed by atoms with van der Waals surface area (Å²) >= 11 is 1.58. The number of piperazine rings is 1. The number of thiazole rings is 1. The fraction of sp³-hybridized carbons (Fsp3) is 0.545. The van der Waals surface area contributed by atoms with Crippen molar-refractivity contribution in [1.82, 2.24) is 36.1 Å². The molecular formula is C44H62N8O7S. The lowest BCUT2D eigenvalue weighted by molar-refractivity contribution is -0.144. The van der Waals surface area contributed by atoms with Crippen LogP contribution in [0, 0.1) is 12.3 Å². The van der Waals surface area contributed by atoms with E-state index < -0.39 is 35.6 Å². The number of β-amino-alcohol motifs (C(OH)–C–C–N with tert-alkyl or cyclic N) is 1. The number of aromatic nitrogens is 1. The van der Waals surface area contributed by atoms with Gasteiger partial charge < -0.3 is 40.9 Å². The van der Waals surface area contributed by atoms with Gasteiger partial charge in [0.05, 0.1) is 28.2 Å². The summed E-state index contributed by atoms with van der Waals surface area (Å²) < 4.78 is 5.09. The molecule has 0 radical (unpaired) electrons. The predicted molar refractivity (Wildman–Crippen MR) is 233 cm³/mol. The number of hydrogen-bond donors (Lipinski definition) is 5. The van der Waals surface area contributed by atoms with E-state index in [2.05, 4.69) is 36.1 Å². The minimum absolute atomic E-state index is 0.00363. The van der Waals surface area contributed by atoms with E-state index in [9.17, 15) is 29.1 Å². The number of aliphatic hydroxyl groups excluding tert-OH is 1. The molecule has 2 aromatic carbocycles. The SMILES string of the molecule is CNC(=O)OCCN1CCN(c2ccc(C(=O)NCCCCCC(=O)N[C@H](C(=O)N3C[C@H](O)C[C@H]3C(=O)N[C@@H](C)c3ccc(-c4scnc4C)cc3)C(C)(C)C)cc2)CC1. The minimum Gasteiger partial charge on any atom is -0.448 e. The molecule has 2 saturated heterocycles. The zero-order valence-electron chi connectivity index (χ0n) is 35.8. The van der Waals surface area contributed by atoms with Gasteiger partial charge in [-0.05, 0) is 67.5 Å². The molecule has 0 bridgehead atoms. The fourth-order valence-corrected chi connectivity index (χ4v) is 8.34. The second-order valence-electron chi connectivity index (χ2n) is 16.7. The molecule has 0 spiro atoms. The first kappa shape index (κ1) is 46.0. The Labute approximate surface area is 357 Å². The number of likely N-dealkylation sites (tertiary alicyclic amines) is 1. The molecule has 0 aliphatic carbocycles. The number of unbranched alkanes of at least 4 members (excludes halogenated alkanes) is 2. The molecule has 60 heavy (non-hydrogen) atoms. The van der Waals surface area contributed by atoms with E-state index in [0.29, 0.717) is 44.5 Å². The molecule has 15 nitrogen and oxygen atoms in total. The molecule has 16 heteroatoms. The van der Waals surface area contributed by atoms with Crippen LogP contribution in [0.3, 0.4) is 0 Å². The zero-order valence-corrected chi connectivity index (χ0v) is 36.6. The number of alkyl carbamates (subject to hydrolysis) is 1. The lowest BCUT2D eigenvalue weighted by Gasteiger charge is -2.36. The highest BCUT2D eigenvalue weighted by Gasteiger charge is 2.44. The van der Waals surface area contributed by atoms with Crippen molar-refractivity contribution in [3.63, 3.8) is 0 Å². The second kappa shape index (κ2) is 21.5. The monoisotopic (exact) mass is 846 g/mol. The molecule has 0 unspecified atom stereocenters. The van der Waals surface area contributed by atoms with Crippen LogP contribution in [0.1, 0.15) is 87.5 Å². The molecular weight excluding hydrogens is 785 g/mol. The van der Waals surface area contributed by atoms with Crippen molar-refractivity contribution in [2.75, 3.05) is 64.4 Å². The number of nitrogens with zero attached hydrogens (tertiary/aromatic N) is 4. The first-order chi connectivity index (χ1) is 28.6. The molecule has 3 heterocycles. The Bertz CT molecular complexity index is 1910. The van der Waals surface area contributed by atoms with Gasteiger partial charge in [-0.15, -0.1) is 11.3 Å². The summed E-state index contributed by atoms with van der Waals surface area (Å²) in [6.45, 7) is 14.3. The molecule has 1 aromatic heterocycles. The Morgan fingerprint density at radius 2 is 1.65 bits per heavy atom. The number of ether oxygens (including phenoxy) is 1. The summed E-state index contributed by atoms with van der Waals surface area (Å²) in [5.41, 5.74) is 5.72. The van der Waals surface area contributed by atoms with E-state index in [1.54, 1.807) is 11.3 Å². The Morgan fingerprint density at radius 1 is 0.950 bits per heavy atom. The number of carbonyl (C=O) groups is 5. The van der Waals surface area contributed by atoms with Gasteiger partial charge in [0.1, 0.15) is 18.7 Å². The molecule has 3 aromatic rings. The number of aliphatic hydroxyl groups is 1. The summed E-state index contributed by atoms with van der Waals surface area (Å²) in [7, 11) is 1.54. The molecule has 2 aliphatic heterocycles. The highest BCUT2D eigenvalue weighted by atomic mass is 32.1. The molecule has 5 rings (SSSR count). The Balaban J connectivity index is 1.02. The number of benzene rings is 2. The maximum atomic E-state index is 14.0. The maximum Gasteiger partial charge on any atom is 0.406 e. The summed E-state index contributed by atoms with van der Waals surface area (Å²) in [5.74, 6) is -1.18. The van der Waals surface area contributed by atoms with Crippen molar-refractivity contribution in [2.24, 2.45) is 5.41 Å². The molecule has 5 amide bonds. The summed E-state index contributed by atoms with van der Waals surface area (Å²) in [5, 5.41) is 22.0. The predicted octanol–water partition coefficient (Wildman–Crippen LogP) is 4.26. The van der Waals surface area contributed by atoms with Crippen LogP contribution in [0.5, 0.6) is 0 Å². The van der Waals surface area contributed by atoms with Crippen molar-refractivity contribution < 1.29 is 33.8 Å². The third-order valence-corrected chi connectivity index (χ3v) is 12.1. The van der Waals surface area contributed by atoms with Crippen LogP contribution in [0.4, 0.5) is 10.5 Å². The number of amides is 5. The lowest BCUT2D eigenvalue weighted by atomic mass is 9.85. The van der Waals surface area contributed by atoms with Crippen LogP contribution in [-0.2, 0) is 19.1 Å². The van der Waals surface area contributed by atoms with Crippen LogP contribution in [0.15, 0.2) is 54.0 Å². The average Bonchev–Trinajstić information content (AvgIpc) is 3.85. The van der Waals surface area contributed by atoms with Gasteiger partial charge in [0.15, 0.2) is 0 Å². The van der Waals surface area contributed by atoms with Crippen LogP contribution >= 0.6 is 11.3 Å². The van der Waals surface area contributed by atoms with Gasteiger partial charge in [-0.1, -0.05) is 51.5 Å². The number of carbonyl (C=O) groups excluding carboxylic acids is 5. The second-order valence-corrected chi connectivity index (χ2v) is 17.6. The molecule has 326 valence electrons. The van der Waals surface area contributed by atoms with E-state index in [0.717, 1.165) is 53.6 Å². The zero-order chi connectivity index (χ0) is 43.4. The summed E-state index contributed by atoms with van der Waals surface area (Å²) in [4.78, 5) is 76.3. The number of nitrogens with one attached hydrogen (secondary N) is 4. The quantitative estimate of drug-likeness (QED) is 0.123. The smallest absolute Gasteiger partial charge is 0.406 e. The number of hydrogen-bond acceptors (Lipinski definition) is 11. The van der Waals surface area contributed by atoms with E-state index in [-0.39, 0.29) is 43.1 Å². The van der Waals surface area contributed by atoms with Crippen molar-refractivity contribution in [3.8, 4) is 10.4 Å². The Hall–Kier alpha value is -5.06. The highest BCUT2D eigenvalue weighted by Crippen LogP contribution is 2.30. The third kappa shape index (κ3) is 12.7.